The van der Waals surface area contributed by atoms with Crippen LogP contribution in [0, 0.1) is 11.3 Å². The van der Waals surface area contributed by atoms with Gasteiger partial charge in [-0.15, -0.1) is 0 Å². The molecule has 1 aliphatic carbocycles. The van der Waals surface area contributed by atoms with Gasteiger partial charge in [0.1, 0.15) is 0 Å². The average molecular weight is 266 g/mol. The van der Waals surface area contributed by atoms with Gasteiger partial charge in [0, 0.05) is 18.5 Å². The molecular formula is C16H30N2O. The van der Waals surface area contributed by atoms with Crippen LogP contribution in [0.15, 0.2) is 0 Å². The van der Waals surface area contributed by atoms with Crippen LogP contribution in [0.3, 0.4) is 0 Å². The SMILES string of the molecule is CCCC1(C(=O)N2CCC(CCNC)CC2)CCC1. The Labute approximate surface area is 118 Å². The maximum Gasteiger partial charge on any atom is 0.228 e. The number of likely N-dealkylation sites (tertiary alicyclic amines) is 1. The molecule has 0 atom stereocenters. The number of amides is 1. The number of rotatable bonds is 6. The second-order valence-corrected chi connectivity index (χ2v) is 6.51. The van der Waals surface area contributed by atoms with Crippen molar-refractivity contribution in [2.75, 3.05) is 26.7 Å². The minimum atomic E-state index is 0.0482. The van der Waals surface area contributed by atoms with Crippen molar-refractivity contribution in [1.82, 2.24) is 10.2 Å². The van der Waals surface area contributed by atoms with E-state index in [9.17, 15) is 4.79 Å². The monoisotopic (exact) mass is 266 g/mol. The molecule has 0 bridgehead atoms. The van der Waals surface area contributed by atoms with Crippen LogP contribution >= 0.6 is 0 Å². The highest BCUT2D eigenvalue weighted by molar-refractivity contribution is 5.83. The molecule has 3 heteroatoms. The number of piperidine rings is 1. The van der Waals surface area contributed by atoms with Crippen LogP contribution in [0.2, 0.25) is 0 Å². The second kappa shape index (κ2) is 6.74. The molecule has 0 aromatic carbocycles. The molecule has 19 heavy (non-hydrogen) atoms. The molecule has 0 spiro atoms. The first-order valence-corrected chi connectivity index (χ1v) is 8.16. The molecule has 1 saturated carbocycles. The van der Waals surface area contributed by atoms with Gasteiger partial charge < -0.3 is 10.2 Å². The second-order valence-electron chi connectivity index (χ2n) is 6.51. The molecule has 3 nitrogen and oxygen atoms in total. The van der Waals surface area contributed by atoms with E-state index in [1.807, 2.05) is 7.05 Å². The maximum absolute atomic E-state index is 12.7. The quantitative estimate of drug-likeness (QED) is 0.802. The molecule has 0 aromatic rings. The van der Waals surface area contributed by atoms with Gasteiger partial charge in [-0.2, -0.15) is 0 Å². The van der Waals surface area contributed by atoms with Crippen LogP contribution < -0.4 is 5.32 Å². The van der Waals surface area contributed by atoms with E-state index >= 15 is 0 Å². The third-order valence-corrected chi connectivity index (χ3v) is 5.20. The van der Waals surface area contributed by atoms with Crippen molar-refractivity contribution in [1.29, 1.82) is 0 Å². The summed E-state index contributed by atoms with van der Waals surface area (Å²) in [5, 5.41) is 3.23. The van der Waals surface area contributed by atoms with E-state index in [4.69, 9.17) is 0 Å². The Balaban J connectivity index is 1.82. The summed E-state index contributed by atoms with van der Waals surface area (Å²) in [6.07, 6.45) is 9.45. The minimum Gasteiger partial charge on any atom is -0.342 e. The van der Waals surface area contributed by atoms with E-state index in [0.29, 0.717) is 5.91 Å². The third kappa shape index (κ3) is 3.31. The Morgan fingerprint density at radius 2 is 2.00 bits per heavy atom. The molecule has 0 aromatic heterocycles. The molecule has 2 rings (SSSR count). The summed E-state index contributed by atoms with van der Waals surface area (Å²) in [4.78, 5) is 14.9. The Hall–Kier alpha value is -0.570. The van der Waals surface area contributed by atoms with Crippen molar-refractivity contribution >= 4 is 5.91 Å². The largest absolute Gasteiger partial charge is 0.342 e. The van der Waals surface area contributed by atoms with E-state index in [1.54, 1.807) is 0 Å². The fraction of sp³-hybridized carbons (Fsp3) is 0.938. The minimum absolute atomic E-state index is 0.0482. The highest BCUT2D eigenvalue weighted by Gasteiger charge is 2.45. The zero-order valence-corrected chi connectivity index (χ0v) is 12.7. The first-order chi connectivity index (χ1) is 9.22. The van der Waals surface area contributed by atoms with Gasteiger partial charge in [-0.3, -0.25) is 4.79 Å². The molecule has 2 fully saturated rings. The van der Waals surface area contributed by atoms with Gasteiger partial charge in [0.15, 0.2) is 0 Å². The summed E-state index contributed by atoms with van der Waals surface area (Å²) >= 11 is 0. The summed E-state index contributed by atoms with van der Waals surface area (Å²) in [6, 6.07) is 0. The Kier molecular flexibility index (Phi) is 5.26. The lowest BCUT2D eigenvalue weighted by Crippen LogP contribution is -2.50. The molecule has 1 N–H and O–H groups in total. The molecule has 1 aliphatic heterocycles. The van der Waals surface area contributed by atoms with Crippen molar-refractivity contribution < 1.29 is 4.79 Å². The van der Waals surface area contributed by atoms with Crippen molar-refractivity contribution in [2.24, 2.45) is 11.3 Å². The lowest BCUT2D eigenvalue weighted by molar-refractivity contribution is -0.149. The van der Waals surface area contributed by atoms with Crippen LogP contribution in [0.1, 0.15) is 58.3 Å². The van der Waals surface area contributed by atoms with E-state index in [1.165, 1.54) is 25.7 Å². The highest BCUT2D eigenvalue weighted by atomic mass is 16.2. The first-order valence-electron chi connectivity index (χ1n) is 8.16. The van der Waals surface area contributed by atoms with Crippen LogP contribution in [0.4, 0.5) is 0 Å². The van der Waals surface area contributed by atoms with Gasteiger partial charge in [-0.1, -0.05) is 19.8 Å². The number of nitrogens with one attached hydrogen (secondary N) is 1. The summed E-state index contributed by atoms with van der Waals surface area (Å²) in [5.74, 6) is 1.30. The molecule has 1 amide bonds. The predicted octanol–water partition coefficient (Wildman–Crippen LogP) is 2.80. The normalized spacial score (nSPS) is 23.2. The third-order valence-electron chi connectivity index (χ3n) is 5.20. The van der Waals surface area contributed by atoms with Crippen molar-refractivity contribution in [2.45, 2.75) is 58.3 Å². The smallest absolute Gasteiger partial charge is 0.228 e. The summed E-state index contributed by atoms with van der Waals surface area (Å²) < 4.78 is 0. The number of hydrogen-bond acceptors (Lipinski definition) is 2. The number of nitrogens with zero attached hydrogens (tertiary/aromatic N) is 1. The van der Waals surface area contributed by atoms with Crippen LogP contribution in [-0.4, -0.2) is 37.5 Å². The Morgan fingerprint density at radius 1 is 1.32 bits per heavy atom. The highest BCUT2D eigenvalue weighted by Crippen LogP contribution is 2.46. The summed E-state index contributed by atoms with van der Waals surface area (Å²) in [7, 11) is 2.02. The van der Waals surface area contributed by atoms with Gasteiger partial charge in [0.05, 0.1) is 0 Å². The van der Waals surface area contributed by atoms with Crippen LogP contribution in [0.25, 0.3) is 0 Å². The molecule has 1 heterocycles. The van der Waals surface area contributed by atoms with Crippen molar-refractivity contribution in [3.63, 3.8) is 0 Å². The lowest BCUT2D eigenvalue weighted by atomic mass is 9.65. The zero-order chi connectivity index (χ0) is 13.7. The summed E-state index contributed by atoms with van der Waals surface area (Å²) in [5.41, 5.74) is 0.0482. The number of hydrogen-bond donors (Lipinski definition) is 1. The fourth-order valence-corrected chi connectivity index (χ4v) is 3.76. The van der Waals surface area contributed by atoms with Gasteiger partial charge in [-0.25, -0.2) is 0 Å². The van der Waals surface area contributed by atoms with E-state index in [-0.39, 0.29) is 5.41 Å². The van der Waals surface area contributed by atoms with Crippen molar-refractivity contribution in [3.8, 4) is 0 Å². The zero-order valence-electron chi connectivity index (χ0n) is 12.7. The average Bonchev–Trinajstić information content (AvgIpc) is 2.40. The lowest BCUT2D eigenvalue weighted by Gasteiger charge is -2.45. The van der Waals surface area contributed by atoms with E-state index < -0.39 is 0 Å². The van der Waals surface area contributed by atoms with E-state index in [2.05, 4.69) is 17.1 Å². The van der Waals surface area contributed by atoms with Crippen LogP contribution in [0.5, 0.6) is 0 Å². The van der Waals surface area contributed by atoms with Gasteiger partial charge >= 0.3 is 0 Å². The molecule has 0 unspecified atom stereocenters. The number of carbonyl (C=O) groups excluding carboxylic acids is 1. The van der Waals surface area contributed by atoms with Gasteiger partial charge in [0.25, 0.3) is 0 Å². The molecular weight excluding hydrogens is 236 g/mol. The van der Waals surface area contributed by atoms with Gasteiger partial charge in [0.2, 0.25) is 5.91 Å². The molecule has 2 aliphatic rings. The van der Waals surface area contributed by atoms with E-state index in [0.717, 1.165) is 51.2 Å². The Bertz CT molecular complexity index is 291. The Morgan fingerprint density at radius 3 is 2.47 bits per heavy atom. The maximum atomic E-state index is 12.7. The standard InChI is InChI=1S/C16H30N2O/c1-3-8-16(9-4-10-16)15(19)18-12-6-14(7-13-18)5-11-17-2/h14,17H,3-13H2,1-2H3. The fourth-order valence-electron chi connectivity index (χ4n) is 3.76. The van der Waals surface area contributed by atoms with Crippen LogP contribution in [-0.2, 0) is 4.79 Å². The topological polar surface area (TPSA) is 32.3 Å². The molecule has 1 saturated heterocycles. The predicted molar refractivity (Wildman–Crippen MR) is 79.0 cm³/mol. The first kappa shape index (κ1) is 14.8. The van der Waals surface area contributed by atoms with Gasteiger partial charge in [-0.05, 0) is 58.0 Å². The van der Waals surface area contributed by atoms with Crippen molar-refractivity contribution in [3.05, 3.63) is 0 Å². The number of carbonyl (C=O) groups is 1. The summed E-state index contributed by atoms with van der Waals surface area (Å²) in [6.45, 7) is 5.31. The molecule has 110 valence electrons. The molecule has 0 radical (unpaired) electrons.